The van der Waals surface area contributed by atoms with Crippen molar-refractivity contribution in [1.29, 1.82) is 0 Å². The summed E-state index contributed by atoms with van der Waals surface area (Å²) in [4.78, 5) is 15.3. The number of carboxylic acid groups (broad SMARTS) is 1. The van der Waals surface area contributed by atoms with Crippen LogP contribution < -0.4 is 0 Å². The summed E-state index contributed by atoms with van der Waals surface area (Å²) >= 11 is 0. The van der Waals surface area contributed by atoms with Gasteiger partial charge < -0.3 is 10.2 Å². The third kappa shape index (κ3) is 2.03. The van der Waals surface area contributed by atoms with E-state index < -0.39 is 5.97 Å². The van der Waals surface area contributed by atoms with E-state index in [0.29, 0.717) is 16.8 Å². The molecule has 4 heteroatoms. The zero-order valence-corrected chi connectivity index (χ0v) is 10.5. The van der Waals surface area contributed by atoms with Gasteiger partial charge in [-0.25, -0.2) is 9.78 Å². The van der Waals surface area contributed by atoms with Gasteiger partial charge in [-0.1, -0.05) is 25.0 Å². The second kappa shape index (κ2) is 4.53. The molecular formula is C15H15NO3. The van der Waals surface area contributed by atoms with E-state index in [-0.39, 0.29) is 11.4 Å². The van der Waals surface area contributed by atoms with Crippen molar-refractivity contribution in [2.75, 3.05) is 0 Å². The molecule has 2 aromatic rings. The molecule has 1 saturated carbocycles. The standard InChI is InChI=1S/C15H15NO3/c17-13-8-12(15(18)19)16-14-10(6-3-7-11(13)14)9-4-1-2-5-9/h3,6-9H,1-2,4-5H2,(H,16,17)(H,18,19). The molecule has 1 aliphatic rings. The van der Waals surface area contributed by atoms with Crippen molar-refractivity contribution in [3.63, 3.8) is 0 Å². The van der Waals surface area contributed by atoms with Crippen LogP contribution in [-0.2, 0) is 0 Å². The Balaban J connectivity index is 2.24. The van der Waals surface area contributed by atoms with Crippen molar-refractivity contribution in [2.45, 2.75) is 31.6 Å². The molecule has 1 heterocycles. The normalized spacial score (nSPS) is 16.0. The number of aromatic hydroxyl groups is 1. The third-order valence-corrected chi connectivity index (χ3v) is 3.86. The summed E-state index contributed by atoms with van der Waals surface area (Å²) in [6, 6.07) is 6.89. The van der Waals surface area contributed by atoms with Gasteiger partial charge in [-0.2, -0.15) is 0 Å². The minimum Gasteiger partial charge on any atom is -0.507 e. The lowest BCUT2D eigenvalue weighted by atomic mass is 9.94. The zero-order chi connectivity index (χ0) is 13.4. The molecule has 19 heavy (non-hydrogen) atoms. The van der Waals surface area contributed by atoms with Gasteiger partial charge in [0.2, 0.25) is 0 Å². The minimum absolute atomic E-state index is 0.0118. The van der Waals surface area contributed by atoms with E-state index >= 15 is 0 Å². The second-order valence-corrected chi connectivity index (χ2v) is 5.06. The molecule has 1 aromatic carbocycles. The van der Waals surface area contributed by atoms with E-state index in [4.69, 9.17) is 5.11 Å². The van der Waals surface area contributed by atoms with Crippen molar-refractivity contribution in [3.8, 4) is 5.75 Å². The Morgan fingerprint density at radius 2 is 2.00 bits per heavy atom. The van der Waals surface area contributed by atoms with Gasteiger partial charge in [-0.05, 0) is 30.4 Å². The highest BCUT2D eigenvalue weighted by Crippen LogP contribution is 2.38. The van der Waals surface area contributed by atoms with Crippen molar-refractivity contribution >= 4 is 16.9 Å². The quantitative estimate of drug-likeness (QED) is 0.866. The average molecular weight is 257 g/mol. The number of aromatic nitrogens is 1. The highest BCUT2D eigenvalue weighted by atomic mass is 16.4. The van der Waals surface area contributed by atoms with Crippen LogP contribution in [-0.4, -0.2) is 21.2 Å². The molecule has 1 aromatic heterocycles. The van der Waals surface area contributed by atoms with Crippen LogP contribution in [0.1, 0.15) is 47.7 Å². The number of hydrogen-bond donors (Lipinski definition) is 2. The Morgan fingerprint density at radius 3 is 2.68 bits per heavy atom. The Labute approximate surface area is 110 Å². The summed E-state index contributed by atoms with van der Waals surface area (Å²) in [5.41, 5.74) is 1.59. The van der Waals surface area contributed by atoms with Gasteiger partial charge >= 0.3 is 5.97 Å². The van der Waals surface area contributed by atoms with Crippen LogP contribution in [0.15, 0.2) is 24.3 Å². The van der Waals surface area contributed by atoms with Crippen molar-refractivity contribution < 1.29 is 15.0 Å². The van der Waals surface area contributed by atoms with E-state index in [9.17, 15) is 9.90 Å². The summed E-state index contributed by atoms with van der Waals surface area (Å²) < 4.78 is 0. The lowest BCUT2D eigenvalue weighted by molar-refractivity contribution is 0.0690. The van der Waals surface area contributed by atoms with Crippen LogP contribution in [0.2, 0.25) is 0 Å². The van der Waals surface area contributed by atoms with Crippen LogP contribution in [0.4, 0.5) is 0 Å². The molecule has 3 rings (SSSR count). The molecule has 0 spiro atoms. The van der Waals surface area contributed by atoms with Crippen LogP contribution in [0.25, 0.3) is 10.9 Å². The minimum atomic E-state index is -1.11. The maximum absolute atomic E-state index is 11.1. The number of nitrogens with zero attached hydrogens (tertiary/aromatic N) is 1. The summed E-state index contributed by atoms with van der Waals surface area (Å²) in [5.74, 6) is -0.694. The molecule has 98 valence electrons. The molecule has 0 bridgehead atoms. The van der Waals surface area contributed by atoms with Gasteiger partial charge in [0.25, 0.3) is 0 Å². The van der Waals surface area contributed by atoms with Crippen LogP contribution in [0.3, 0.4) is 0 Å². The molecule has 1 aliphatic carbocycles. The zero-order valence-electron chi connectivity index (χ0n) is 10.5. The summed E-state index contributed by atoms with van der Waals surface area (Å²) in [7, 11) is 0. The number of pyridine rings is 1. The number of fused-ring (bicyclic) bond motifs is 1. The molecule has 0 unspecified atom stereocenters. The van der Waals surface area contributed by atoms with Gasteiger partial charge in [0, 0.05) is 11.5 Å². The number of aromatic carboxylic acids is 1. The van der Waals surface area contributed by atoms with Crippen molar-refractivity contribution in [3.05, 3.63) is 35.5 Å². The Kier molecular flexibility index (Phi) is 2.85. The number of para-hydroxylation sites is 1. The van der Waals surface area contributed by atoms with Crippen molar-refractivity contribution in [1.82, 2.24) is 4.98 Å². The average Bonchev–Trinajstić information content (AvgIpc) is 2.91. The first kappa shape index (κ1) is 12.0. The van der Waals surface area contributed by atoms with Gasteiger partial charge in [0.1, 0.15) is 5.75 Å². The predicted molar refractivity (Wildman–Crippen MR) is 71.6 cm³/mol. The summed E-state index contributed by atoms with van der Waals surface area (Å²) in [6.07, 6.45) is 4.62. The predicted octanol–water partition coefficient (Wildman–Crippen LogP) is 3.30. The Bertz CT molecular complexity index is 645. The fraction of sp³-hybridized carbons (Fsp3) is 0.333. The molecular weight excluding hydrogens is 242 g/mol. The maximum Gasteiger partial charge on any atom is 0.354 e. The van der Waals surface area contributed by atoms with E-state index in [0.717, 1.165) is 18.4 Å². The summed E-state index contributed by atoms with van der Waals surface area (Å²) in [6.45, 7) is 0. The monoisotopic (exact) mass is 257 g/mol. The second-order valence-electron chi connectivity index (χ2n) is 5.06. The highest BCUT2D eigenvalue weighted by Gasteiger charge is 2.21. The molecule has 0 atom stereocenters. The lowest BCUT2D eigenvalue weighted by Gasteiger charge is -2.13. The largest absolute Gasteiger partial charge is 0.507 e. The molecule has 0 radical (unpaired) electrons. The fourth-order valence-electron chi connectivity index (χ4n) is 2.93. The van der Waals surface area contributed by atoms with Crippen LogP contribution >= 0.6 is 0 Å². The Hall–Kier alpha value is -2.10. The molecule has 2 N–H and O–H groups in total. The van der Waals surface area contributed by atoms with Crippen molar-refractivity contribution in [2.24, 2.45) is 0 Å². The van der Waals surface area contributed by atoms with E-state index in [1.807, 2.05) is 12.1 Å². The van der Waals surface area contributed by atoms with Gasteiger partial charge in [-0.15, -0.1) is 0 Å². The maximum atomic E-state index is 11.1. The first-order chi connectivity index (χ1) is 9.16. The fourth-order valence-corrected chi connectivity index (χ4v) is 2.93. The number of carbonyl (C=O) groups is 1. The number of hydrogen-bond acceptors (Lipinski definition) is 3. The number of rotatable bonds is 2. The smallest absolute Gasteiger partial charge is 0.354 e. The van der Waals surface area contributed by atoms with Gasteiger partial charge in [0.15, 0.2) is 5.69 Å². The van der Waals surface area contributed by atoms with Gasteiger partial charge in [0.05, 0.1) is 5.52 Å². The number of benzene rings is 1. The SMILES string of the molecule is O=C(O)c1cc(O)c2cccc(C3CCCC3)c2n1. The molecule has 0 aliphatic heterocycles. The highest BCUT2D eigenvalue weighted by molar-refractivity contribution is 5.94. The molecule has 0 saturated heterocycles. The molecule has 4 nitrogen and oxygen atoms in total. The first-order valence-corrected chi connectivity index (χ1v) is 6.53. The third-order valence-electron chi connectivity index (χ3n) is 3.86. The van der Waals surface area contributed by atoms with Gasteiger partial charge in [-0.3, -0.25) is 0 Å². The molecule has 1 fully saturated rings. The Morgan fingerprint density at radius 1 is 1.26 bits per heavy atom. The first-order valence-electron chi connectivity index (χ1n) is 6.53. The van der Waals surface area contributed by atoms with E-state index in [2.05, 4.69) is 4.98 Å². The topological polar surface area (TPSA) is 70.4 Å². The van der Waals surface area contributed by atoms with Crippen LogP contribution in [0, 0.1) is 0 Å². The van der Waals surface area contributed by atoms with Crippen LogP contribution in [0.5, 0.6) is 5.75 Å². The summed E-state index contributed by atoms with van der Waals surface area (Å²) in [5, 5.41) is 19.6. The molecule has 0 amide bonds. The van der Waals surface area contributed by atoms with E-state index in [1.54, 1.807) is 6.07 Å². The number of carboxylic acids is 1. The van der Waals surface area contributed by atoms with E-state index in [1.165, 1.54) is 18.9 Å². The lowest BCUT2D eigenvalue weighted by Crippen LogP contribution is -2.03.